The van der Waals surface area contributed by atoms with Gasteiger partial charge in [-0.05, 0) is 35.7 Å². The third-order valence-electron chi connectivity index (χ3n) is 4.08. The summed E-state index contributed by atoms with van der Waals surface area (Å²) in [5.74, 6) is -0.312. The molecule has 0 spiro atoms. The zero-order valence-electron chi connectivity index (χ0n) is 14.4. The number of amides is 1. The molecule has 0 fully saturated rings. The van der Waals surface area contributed by atoms with Crippen LogP contribution in [0.25, 0.3) is 22.2 Å². The number of hydrazone groups is 1. The summed E-state index contributed by atoms with van der Waals surface area (Å²) in [5, 5.41) is 7.64. The van der Waals surface area contributed by atoms with Crippen LogP contribution in [0, 0.1) is 0 Å². The van der Waals surface area contributed by atoms with Crippen molar-refractivity contribution in [3.8, 4) is 11.3 Å². The van der Waals surface area contributed by atoms with Crippen LogP contribution in [0.5, 0.6) is 0 Å². The molecular weight excluding hydrogens is 413 g/mol. The second-order valence-electron chi connectivity index (χ2n) is 5.92. The summed E-state index contributed by atoms with van der Waals surface area (Å²) in [5.41, 5.74) is 5.18. The van der Waals surface area contributed by atoms with E-state index < -0.39 is 0 Å². The highest BCUT2D eigenvalue weighted by molar-refractivity contribution is 7.11. The molecule has 4 aromatic rings. The lowest BCUT2D eigenvalue weighted by atomic mass is 10.0. The Hall–Kier alpha value is -2.73. The molecule has 2 aromatic carbocycles. The highest BCUT2D eigenvalue weighted by Crippen LogP contribution is 2.30. The highest BCUT2D eigenvalue weighted by Gasteiger charge is 2.14. The van der Waals surface area contributed by atoms with Crippen LogP contribution in [0.4, 0.5) is 0 Å². The molecule has 0 radical (unpaired) electrons. The molecule has 1 N–H and O–H groups in total. The first kappa shape index (κ1) is 18.6. The van der Waals surface area contributed by atoms with Gasteiger partial charge in [0.1, 0.15) is 0 Å². The minimum atomic E-state index is -0.312. The zero-order chi connectivity index (χ0) is 19.5. The number of hydrogen-bond donors (Lipinski definition) is 1. The molecule has 0 aliphatic rings. The fourth-order valence-electron chi connectivity index (χ4n) is 2.75. The standard InChI is InChI=1S/C21H13Cl2N3OS/c22-17-8-7-13(10-18(17)23)20-11-16(15-5-1-2-6-19(15)25-20)21(27)26-24-12-14-4-3-9-28-14/h1-12H,(H,26,27). The Morgan fingerprint density at radius 1 is 1.04 bits per heavy atom. The van der Waals surface area contributed by atoms with Crippen molar-refractivity contribution in [3.05, 3.63) is 86.5 Å². The number of thiophene rings is 1. The van der Waals surface area contributed by atoms with Gasteiger partial charge in [-0.1, -0.05) is 53.5 Å². The number of hydrogen-bond acceptors (Lipinski definition) is 4. The first-order chi connectivity index (χ1) is 13.6. The van der Waals surface area contributed by atoms with Crippen molar-refractivity contribution in [1.82, 2.24) is 10.4 Å². The summed E-state index contributed by atoms with van der Waals surface area (Å²) in [7, 11) is 0. The fraction of sp³-hybridized carbons (Fsp3) is 0. The van der Waals surface area contributed by atoms with E-state index in [1.807, 2.05) is 47.8 Å². The number of carbonyl (C=O) groups is 1. The summed E-state index contributed by atoms with van der Waals surface area (Å²) in [6, 6.07) is 18.3. The summed E-state index contributed by atoms with van der Waals surface area (Å²) < 4.78 is 0. The fourth-order valence-corrected chi connectivity index (χ4v) is 3.63. The van der Waals surface area contributed by atoms with Crippen LogP contribution in [-0.4, -0.2) is 17.1 Å². The van der Waals surface area contributed by atoms with Gasteiger partial charge in [0.25, 0.3) is 5.91 Å². The molecule has 138 valence electrons. The maximum Gasteiger partial charge on any atom is 0.272 e. The SMILES string of the molecule is O=C(NN=Cc1cccs1)c1cc(-c2ccc(Cl)c(Cl)c2)nc2ccccc12. The van der Waals surface area contributed by atoms with Crippen LogP contribution in [0.15, 0.2) is 71.1 Å². The van der Waals surface area contributed by atoms with Gasteiger partial charge < -0.3 is 0 Å². The van der Waals surface area contributed by atoms with Crippen LogP contribution < -0.4 is 5.43 Å². The van der Waals surface area contributed by atoms with Crippen LogP contribution in [0.3, 0.4) is 0 Å². The number of halogens is 2. The van der Waals surface area contributed by atoms with Crippen molar-refractivity contribution in [3.63, 3.8) is 0 Å². The van der Waals surface area contributed by atoms with Crippen LogP contribution in [0.2, 0.25) is 10.0 Å². The van der Waals surface area contributed by atoms with E-state index >= 15 is 0 Å². The van der Waals surface area contributed by atoms with Gasteiger partial charge in [-0.2, -0.15) is 5.10 Å². The normalized spacial score (nSPS) is 11.2. The van der Waals surface area contributed by atoms with E-state index in [4.69, 9.17) is 23.2 Å². The number of carbonyl (C=O) groups excluding carboxylic acids is 1. The maximum atomic E-state index is 12.8. The van der Waals surface area contributed by atoms with Gasteiger partial charge in [-0.15, -0.1) is 11.3 Å². The molecule has 0 atom stereocenters. The molecular formula is C21H13Cl2N3OS. The predicted molar refractivity (Wildman–Crippen MR) is 117 cm³/mol. The Labute approximate surface area is 175 Å². The molecule has 4 rings (SSSR count). The number of nitrogens with zero attached hydrogens (tertiary/aromatic N) is 2. The number of fused-ring (bicyclic) bond motifs is 1. The lowest BCUT2D eigenvalue weighted by Gasteiger charge is -2.09. The van der Waals surface area contributed by atoms with Gasteiger partial charge in [-0.25, -0.2) is 10.4 Å². The molecule has 4 nitrogen and oxygen atoms in total. The second kappa shape index (κ2) is 8.10. The van der Waals surface area contributed by atoms with Crippen molar-refractivity contribution in [2.75, 3.05) is 0 Å². The predicted octanol–water partition coefficient (Wildman–Crippen LogP) is 6.03. The third-order valence-corrected chi connectivity index (χ3v) is 5.62. The van der Waals surface area contributed by atoms with Gasteiger partial charge in [0.15, 0.2) is 0 Å². The Kier molecular flexibility index (Phi) is 5.39. The van der Waals surface area contributed by atoms with E-state index in [1.54, 1.807) is 35.8 Å². The molecule has 0 bridgehead atoms. The Bertz CT molecular complexity index is 1190. The third kappa shape index (κ3) is 3.92. The van der Waals surface area contributed by atoms with Gasteiger partial charge in [0, 0.05) is 15.8 Å². The van der Waals surface area contributed by atoms with Crippen LogP contribution >= 0.6 is 34.5 Å². The molecule has 2 heterocycles. The number of benzene rings is 2. The Morgan fingerprint density at radius 2 is 1.89 bits per heavy atom. The van der Waals surface area contributed by atoms with E-state index in [-0.39, 0.29) is 5.91 Å². The number of pyridine rings is 1. The van der Waals surface area contributed by atoms with Crippen LogP contribution in [0.1, 0.15) is 15.2 Å². The van der Waals surface area contributed by atoms with Crippen molar-refractivity contribution < 1.29 is 4.79 Å². The van der Waals surface area contributed by atoms with Crippen LogP contribution in [-0.2, 0) is 0 Å². The molecule has 7 heteroatoms. The largest absolute Gasteiger partial charge is 0.272 e. The van der Waals surface area contributed by atoms with Crippen molar-refractivity contribution in [1.29, 1.82) is 0 Å². The van der Waals surface area contributed by atoms with Gasteiger partial charge in [0.05, 0.1) is 33.0 Å². The number of para-hydroxylation sites is 1. The maximum absolute atomic E-state index is 12.8. The smallest absolute Gasteiger partial charge is 0.267 e. The quantitative estimate of drug-likeness (QED) is 0.320. The molecule has 0 unspecified atom stereocenters. The lowest BCUT2D eigenvalue weighted by molar-refractivity contribution is 0.0957. The van der Waals surface area contributed by atoms with E-state index in [2.05, 4.69) is 15.5 Å². The van der Waals surface area contributed by atoms with E-state index in [1.165, 1.54) is 0 Å². The average Bonchev–Trinajstić information content (AvgIpc) is 3.22. The molecule has 0 saturated heterocycles. The number of nitrogens with one attached hydrogen (secondary N) is 1. The first-order valence-corrected chi connectivity index (χ1v) is 9.97. The number of aromatic nitrogens is 1. The molecule has 28 heavy (non-hydrogen) atoms. The zero-order valence-corrected chi connectivity index (χ0v) is 16.7. The van der Waals surface area contributed by atoms with Crippen molar-refractivity contribution in [2.24, 2.45) is 5.10 Å². The lowest BCUT2D eigenvalue weighted by Crippen LogP contribution is -2.18. The monoisotopic (exact) mass is 425 g/mol. The first-order valence-electron chi connectivity index (χ1n) is 8.34. The van der Waals surface area contributed by atoms with Crippen molar-refractivity contribution in [2.45, 2.75) is 0 Å². The van der Waals surface area contributed by atoms with Gasteiger partial charge in [0.2, 0.25) is 0 Å². The van der Waals surface area contributed by atoms with Crippen molar-refractivity contribution >= 4 is 57.6 Å². The summed E-state index contributed by atoms with van der Waals surface area (Å²) in [4.78, 5) is 18.4. The number of rotatable bonds is 4. The minimum Gasteiger partial charge on any atom is -0.267 e. The molecule has 0 aliphatic carbocycles. The summed E-state index contributed by atoms with van der Waals surface area (Å²) >= 11 is 13.7. The summed E-state index contributed by atoms with van der Waals surface area (Å²) in [6.45, 7) is 0. The second-order valence-corrected chi connectivity index (χ2v) is 7.71. The highest BCUT2D eigenvalue weighted by atomic mass is 35.5. The van der Waals surface area contributed by atoms with E-state index in [0.29, 0.717) is 26.8 Å². The van der Waals surface area contributed by atoms with Gasteiger partial charge in [-0.3, -0.25) is 4.79 Å². The summed E-state index contributed by atoms with van der Waals surface area (Å²) in [6.07, 6.45) is 1.62. The Balaban J connectivity index is 1.73. The Morgan fingerprint density at radius 3 is 2.68 bits per heavy atom. The van der Waals surface area contributed by atoms with E-state index in [9.17, 15) is 4.79 Å². The van der Waals surface area contributed by atoms with Gasteiger partial charge >= 0.3 is 0 Å². The molecule has 1 amide bonds. The topological polar surface area (TPSA) is 54.4 Å². The molecule has 2 aromatic heterocycles. The minimum absolute atomic E-state index is 0.312. The molecule has 0 aliphatic heterocycles. The average molecular weight is 426 g/mol. The molecule has 0 saturated carbocycles. The van der Waals surface area contributed by atoms with E-state index in [0.717, 1.165) is 15.8 Å².